The zero-order chi connectivity index (χ0) is 14.8. The summed E-state index contributed by atoms with van der Waals surface area (Å²) in [5, 5.41) is 16.7. The summed E-state index contributed by atoms with van der Waals surface area (Å²) in [6, 6.07) is 0. The van der Waals surface area contributed by atoms with Gasteiger partial charge in [-0.05, 0) is 13.8 Å². The SMILES string of the molecule is Cc1nnc(N2CCN(CC(F)(F)CO)CC2)nc1C. The van der Waals surface area contributed by atoms with E-state index in [1.54, 1.807) is 4.90 Å². The molecule has 0 aliphatic carbocycles. The molecule has 1 aromatic heterocycles. The summed E-state index contributed by atoms with van der Waals surface area (Å²) in [6.45, 7) is 4.31. The van der Waals surface area contributed by atoms with Crippen LogP contribution >= 0.6 is 0 Å². The molecule has 0 bridgehead atoms. The van der Waals surface area contributed by atoms with E-state index in [0.717, 1.165) is 11.4 Å². The Bertz CT molecular complexity index is 463. The second kappa shape index (κ2) is 5.92. The summed E-state index contributed by atoms with van der Waals surface area (Å²) in [4.78, 5) is 7.94. The van der Waals surface area contributed by atoms with Crippen molar-refractivity contribution in [2.75, 3.05) is 44.2 Å². The number of alkyl halides is 2. The molecule has 0 amide bonds. The van der Waals surface area contributed by atoms with E-state index < -0.39 is 19.1 Å². The molecular weight excluding hydrogens is 268 g/mol. The molecule has 2 rings (SSSR count). The quantitative estimate of drug-likeness (QED) is 0.855. The third kappa shape index (κ3) is 3.57. The van der Waals surface area contributed by atoms with Gasteiger partial charge in [-0.15, -0.1) is 5.10 Å². The van der Waals surface area contributed by atoms with E-state index in [0.29, 0.717) is 32.1 Å². The van der Waals surface area contributed by atoms with Crippen molar-refractivity contribution in [1.82, 2.24) is 20.1 Å². The Balaban J connectivity index is 1.92. The minimum Gasteiger partial charge on any atom is -0.390 e. The number of aliphatic hydroxyl groups excluding tert-OH is 1. The van der Waals surface area contributed by atoms with Gasteiger partial charge in [-0.1, -0.05) is 0 Å². The van der Waals surface area contributed by atoms with E-state index in [2.05, 4.69) is 15.2 Å². The lowest BCUT2D eigenvalue weighted by molar-refractivity contribution is -0.0733. The van der Waals surface area contributed by atoms with Gasteiger partial charge in [0.25, 0.3) is 5.92 Å². The van der Waals surface area contributed by atoms with Gasteiger partial charge in [-0.2, -0.15) is 5.10 Å². The van der Waals surface area contributed by atoms with Crippen LogP contribution in [0.25, 0.3) is 0 Å². The van der Waals surface area contributed by atoms with E-state index in [-0.39, 0.29) is 0 Å². The van der Waals surface area contributed by atoms with Gasteiger partial charge < -0.3 is 10.0 Å². The van der Waals surface area contributed by atoms with E-state index >= 15 is 0 Å². The van der Waals surface area contributed by atoms with Crippen LogP contribution in [0.15, 0.2) is 0 Å². The van der Waals surface area contributed by atoms with Crippen molar-refractivity contribution < 1.29 is 13.9 Å². The third-order valence-electron chi connectivity index (χ3n) is 3.42. The number of piperazine rings is 1. The average Bonchev–Trinajstić information content (AvgIpc) is 2.42. The number of aromatic nitrogens is 3. The van der Waals surface area contributed by atoms with Crippen molar-refractivity contribution in [2.45, 2.75) is 19.8 Å². The Hall–Kier alpha value is -1.41. The zero-order valence-electron chi connectivity index (χ0n) is 11.7. The second-order valence-corrected chi connectivity index (χ2v) is 5.06. The summed E-state index contributed by atoms with van der Waals surface area (Å²) in [5.74, 6) is -2.50. The number of aliphatic hydroxyl groups is 1. The van der Waals surface area contributed by atoms with Crippen LogP contribution in [0.2, 0.25) is 0 Å². The predicted octanol–water partition coefficient (Wildman–Crippen LogP) is 0.238. The third-order valence-corrected chi connectivity index (χ3v) is 3.42. The van der Waals surface area contributed by atoms with Gasteiger partial charge in [-0.3, -0.25) is 4.90 Å². The molecule has 1 aliphatic heterocycles. The lowest BCUT2D eigenvalue weighted by Gasteiger charge is -2.35. The van der Waals surface area contributed by atoms with Crippen LogP contribution in [-0.2, 0) is 0 Å². The number of hydrogen-bond acceptors (Lipinski definition) is 6. The molecule has 1 fully saturated rings. The molecule has 1 aromatic rings. The lowest BCUT2D eigenvalue weighted by Crippen LogP contribution is -2.51. The highest BCUT2D eigenvalue weighted by Gasteiger charge is 2.32. The van der Waals surface area contributed by atoms with E-state index in [9.17, 15) is 8.78 Å². The fourth-order valence-corrected chi connectivity index (χ4v) is 2.06. The molecule has 1 N–H and O–H groups in total. The molecule has 0 unspecified atom stereocenters. The summed E-state index contributed by atoms with van der Waals surface area (Å²) >= 11 is 0. The van der Waals surface area contributed by atoms with Crippen LogP contribution in [-0.4, -0.2) is 70.4 Å². The summed E-state index contributed by atoms with van der Waals surface area (Å²) in [6.07, 6.45) is 0. The molecule has 0 spiro atoms. The summed E-state index contributed by atoms with van der Waals surface area (Å²) < 4.78 is 26.2. The number of hydrogen-bond donors (Lipinski definition) is 1. The first-order chi connectivity index (χ1) is 9.41. The molecule has 0 saturated carbocycles. The van der Waals surface area contributed by atoms with Crippen molar-refractivity contribution in [1.29, 1.82) is 0 Å². The van der Waals surface area contributed by atoms with Gasteiger partial charge in [0.2, 0.25) is 5.95 Å². The number of rotatable bonds is 4. The highest BCUT2D eigenvalue weighted by atomic mass is 19.3. The number of halogens is 2. The Kier molecular flexibility index (Phi) is 4.44. The van der Waals surface area contributed by atoms with Crippen molar-refractivity contribution in [3.63, 3.8) is 0 Å². The second-order valence-electron chi connectivity index (χ2n) is 5.06. The van der Waals surface area contributed by atoms with Crippen LogP contribution in [0.5, 0.6) is 0 Å². The molecule has 1 aliphatic rings. The van der Waals surface area contributed by atoms with Crippen LogP contribution in [0.4, 0.5) is 14.7 Å². The summed E-state index contributed by atoms with van der Waals surface area (Å²) in [7, 11) is 0. The number of anilines is 1. The Labute approximate surface area is 116 Å². The molecule has 8 heteroatoms. The average molecular weight is 287 g/mol. The fraction of sp³-hybridized carbons (Fsp3) is 0.750. The first kappa shape index (κ1) is 15.0. The highest BCUT2D eigenvalue weighted by molar-refractivity contribution is 5.30. The number of aryl methyl sites for hydroxylation is 2. The molecule has 6 nitrogen and oxygen atoms in total. The largest absolute Gasteiger partial charge is 0.390 e. The maximum absolute atomic E-state index is 13.1. The first-order valence-corrected chi connectivity index (χ1v) is 6.55. The Morgan fingerprint density at radius 1 is 1.10 bits per heavy atom. The molecule has 1 saturated heterocycles. The smallest absolute Gasteiger partial charge is 0.283 e. The normalized spacial score (nSPS) is 17.6. The molecule has 112 valence electrons. The highest BCUT2D eigenvalue weighted by Crippen LogP contribution is 2.17. The van der Waals surface area contributed by atoms with Crippen LogP contribution in [0, 0.1) is 13.8 Å². The fourth-order valence-electron chi connectivity index (χ4n) is 2.06. The standard InChI is InChI=1S/C12H19F2N5O/c1-9-10(2)16-17-11(15-9)19-5-3-18(4-6-19)7-12(13,14)8-20/h20H,3-8H2,1-2H3. The van der Waals surface area contributed by atoms with Crippen molar-refractivity contribution in [3.8, 4) is 0 Å². The summed E-state index contributed by atoms with van der Waals surface area (Å²) in [5.41, 5.74) is 1.61. The lowest BCUT2D eigenvalue weighted by atomic mass is 10.2. The van der Waals surface area contributed by atoms with E-state index in [4.69, 9.17) is 5.11 Å². The van der Waals surface area contributed by atoms with Crippen molar-refractivity contribution in [2.24, 2.45) is 0 Å². The topological polar surface area (TPSA) is 65.4 Å². The van der Waals surface area contributed by atoms with E-state index in [1.807, 2.05) is 18.7 Å². The Morgan fingerprint density at radius 3 is 2.30 bits per heavy atom. The van der Waals surface area contributed by atoms with Gasteiger partial charge in [0.05, 0.1) is 17.9 Å². The maximum Gasteiger partial charge on any atom is 0.283 e. The van der Waals surface area contributed by atoms with Crippen LogP contribution < -0.4 is 4.90 Å². The Morgan fingerprint density at radius 2 is 1.75 bits per heavy atom. The van der Waals surface area contributed by atoms with Gasteiger partial charge in [-0.25, -0.2) is 13.8 Å². The molecule has 0 aromatic carbocycles. The van der Waals surface area contributed by atoms with Crippen molar-refractivity contribution in [3.05, 3.63) is 11.4 Å². The van der Waals surface area contributed by atoms with Crippen LogP contribution in [0.3, 0.4) is 0 Å². The minimum absolute atomic E-state index is 0.413. The zero-order valence-corrected chi connectivity index (χ0v) is 11.7. The van der Waals surface area contributed by atoms with Gasteiger partial charge in [0.1, 0.15) is 6.61 Å². The molecule has 0 radical (unpaired) electrons. The maximum atomic E-state index is 13.1. The van der Waals surface area contributed by atoms with Gasteiger partial charge in [0, 0.05) is 26.2 Å². The molecular formula is C12H19F2N5O. The number of nitrogens with zero attached hydrogens (tertiary/aromatic N) is 5. The van der Waals surface area contributed by atoms with Gasteiger partial charge in [0.15, 0.2) is 0 Å². The van der Waals surface area contributed by atoms with Gasteiger partial charge >= 0.3 is 0 Å². The first-order valence-electron chi connectivity index (χ1n) is 6.55. The van der Waals surface area contributed by atoms with Crippen molar-refractivity contribution >= 4 is 5.95 Å². The minimum atomic E-state index is -3.04. The monoisotopic (exact) mass is 287 g/mol. The van der Waals surface area contributed by atoms with E-state index in [1.165, 1.54) is 0 Å². The molecule has 2 heterocycles. The molecule has 20 heavy (non-hydrogen) atoms. The molecule has 0 atom stereocenters. The predicted molar refractivity (Wildman–Crippen MR) is 70.0 cm³/mol. The van der Waals surface area contributed by atoms with Crippen LogP contribution in [0.1, 0.15) is 11.4 Å².